The summed E-state index contributed by atoms with van der Waals surface area (Å²) in [4.78, 5) is 0. The van der Waals surface area contributed by atoms with E-state index in [0.29, 0.717) is 6.54 Å². The standard InChI is InChI=1S/C12H16F3NS/c1-9-3-5-11(6-4-9)7-16-10(2)8-17-12(13,14)15/h3-6,10,16H,7-8H2,1-2H3. The summed E-state index contributed by atoms with van der Waals surface area (Å²) in [7, 11) is 0. The second kappa shape index (κ2) is 6.31. The van der Waals surface area contributed by atoms with Gasteiger partial charge in [-0.25, -0.2) is 0 Å². The molecule has 96 valence electrons. The molecule has 1 unspecified atom stereocenters. The molecule has 0 saturated carbocycles. The lowest BCUT2D eigenvalue weighted by Crippen LogP contribution is -2.28. The molecule has 0 amide bonds. The van der Waals surface area contributed by atoms with E-state index in [0.717, 1.165) is 5.56 Å². The molecule has 0 fully saturated rings. The molecule has 0 bridgehead atoms. The molecule has 1 N–H and O–H groups in total. The Kier molecular flexibility index (Phi) is 5.33. The van der Waals surface area contributed by atoms with E-state index < -0.39 is 5.51 Å². The molecule has 1 rings (SSSR count). The minimum absolute atomic E-state index is 0.0168. The molecule has 0 aliphatic rings. The molecular weight excluding hydrogens is 247 g/mol. The second-order valence-electron chi connectivity index (χ2n) is 4.02. The molecule has 1 atom stereocenters. The highest BCUT2D eigenvalue weighted by molar-refractivity contribution is 8.00. The predicted molar refractivity (Wildman–Crippen MR) is 66.0 cm³/mol. The van der Waals surface area contributed by atoms with Gasteiger partial charge in [0, 0.05) is 18.3 Å². The van der Waals surface area contributed by atoms with Crippen molar-refractivity contribution in [1.29, 1.82) is 0 Å². The van der Waals surface area contributed by atoms with Crippen molar-refractivity contribution in [1.82, 2.24) is 5.32 Å². The van der Waals surface area contributed by atoms with Crippen LogP contribution in [0, 0.1) is 6.92 Å². The van der Waals surface area contributed by atoms with Crippen molar-refractivity contribution in [2.75, 3.05) is 5.75 Å². The summed E-state index contributed by atoms with van der Waals surface area (Å²) in [6.45, 7) is 4.35. The van der Waals surface area contributed by atoms with E-state index in [1.807, 2.05) is 31.2 Å². The zero-order valence-electron chi connectivity index (χ0n) is 9.84. The van der Waals surface area contributed by atoms with Gasteiger partial charge in [-0.05, 0) is 31.2 Å². The number of aryl methyl sites for hydroxylation is 1. The highest BCUT2D eigenvalue weighted by Crippen LogP contribution is 2.30. The number of hydrogen-bond acceptors (Lipinski definition) is 2. The molecular formula is C12H16F3NS. The SMILES string of the molecule is Cc1ccc(CNC(C)CSC(F)(F)F)cc1. The largest absolute Gasteiger partial charge is 0.441 e. The Balaban J connectivity index is 2.28. The lowest BCUT2D eigenvalue weighted by atomic mass is 10.1. The Labute approximate surface area is 104 Å². The van der Waals surface area contributed by atoms with Crippen LogP contribution in [0.25, 0.3) is 0 Å². The summed E-state index contributed by atoms with van der Waals surface area (Å²) in [6, 6.07) is 7.78. The van der Waals surface area contributed by atoms with Crippen molar-refractivity contribution >= 4 is 11.8 Å². The lowest BCUT2D eigenvalue weighted by molar-refractivity contribution is -0.0328. The Morgan fingerprint density at radius 2 is 1.82 bits per heavy atom. The van der Waals surface area contributed by atoms with Crippen molar-refractivity contribution in [2.45, 2.75) is 31.9 Å². The van der Waals surface area contributed by atoms with Crippen LogP contribution in [0.4, 0.5) is 13.2 Å². The average Bonchev–Trinajstić information content (AvgIpc) is 2.25. The molecule has 17 heavy (non-hydrogen) atoms. The summed E-state index contributed by atoms with van der Waals surface area (Å²) in [5, 5.41) is 3.07. The Morgan fingerprint density at radius 3 is 2.35 bits per heavy atom. The first kappa shape index (κ1) is 14.4. The number of alkyl halides is 3. The van der Waals surface area contributed by atoms with Crippen LogP contribution in [0.15, 0.2) is 24.3 Å². The third-order valence-corrected chi connectivity index (χ3v) is 3.27. The minimum atomic E-state index is -4.14. The van der Waals surface area contributed by atoms with Crippen LogP contribution in [0.5, 0.6) is 0 Å². The van der Waals surface area contributed by atoms with Crippen LogP contribution in [0.3, 0.4) is 0 Å². The van der Waals surface area contributed by atoms with E-state index >= 15 is 0 Å². The van der Waals surface area contributed by atoms with Gasteiger partial charge in [0.05, 0.1) is 0 Å². The van der Waals surface area contributed by atoms with E-state index in [9.17, 15) is 13.2 Å². The number of hydrogen-bond donors (Lipinski definition) is 1. The highest BCUT2D eigenvalue weighted by Gasteiger charge is 2.28. The molecule has 0 saturated heterocycles. The molecule has 0 spiro atoms. The van der Waals surface area contributed by atoms with Gasteiger partial charge in [0.2, 0.25) is 0 Å². The molecule has 1 aromatic rings. The Hall–Kier alpha value is -0.680. The normalized spacial score (nSPS) is 13.7. The van der Waals surface area contributed by atoms with Crippen molar-refractivity contribution in [2.24, 2.45) is 0 Å². The van der Waals surface area contributed by atoms with E-state index in [4.69, 9.17) is 0 Å². The van der Waals surface area contributed by atoms with Gasteiger partial charge < -0.3 is 5.32 Å². The van der Waals surface area contributed by atoms with Gasteiger partial charge in [0.1, 0.15) is 0 Å². The molecule has 0 aromatic heterocycles. The highest BCUT2D eigenvalue weighted by atomic mass is 32.2. The molecule has 5 heteroatoms. The molecule has 1 aromatic carbocycles. The fourth-order valence-electron chi connectivity index (χ4n) is 1.28. The first-order chi connectivity index (χ1) is 7.87. The predicted octanol–water partition coefficient (Wildman–Crippen LogP) is 3.73. The monoisotopic (exact) mass is 263 g/mol. The maximum Gasteiger partial charge on any atom is 0.441 e. The van der Waals surface area contributed by atoms with Gasteiger partial charge in [0.15, 0.2) is 0 Å². The third-order valence-electron chi connectivity index (χ3n) is 2.27. The topological polar surface area (TPSA) is 12.0 Å². The molecule has 0 aliphatic carbocycles. The smallest absolute Gasteiger partial charge is 0.309 e. The van der Waals surface area contributed by atoms with Crippen molar-refractivity contribution in [3.05, 3.63) is 35.4 Å². The summed E-state index contributed by atoms with van der Waals surface area (Å²) < 4.78 is 35.9. The first-order valence-corrected chi connectivity index (χ1v) is 6.35. The van der Waals surface area contributed by atoms with E-state index in [-0.39, 0.29) is 23.6 Å². The van der Waals surface area contributed by atoms with Crippen LogP contribution < -0.4 is 5.32 Å². The summed E-state index contributed by atoms with van der Waals surface area (Å²) in [6.07, 6.45) is 0. The Morgan fingerprint density at radius 1 is 1.24 bits per heavy atom. The number of rotatable bonds is 5. The maximum atomic E-state index is 12.0. The van der Waals surface area contributed by atoms with E-state index in [1.165, 1.54) is 5.56 Å². The molecule has 0 radical (unpaired) electrons. The van der Waals surface area contributed by atoms with Crippen LogP contribution in [0.2, 0.25) is 0 Å². The van der Waals surface area contributed by atoms with Gasteiger partial charge in [-0.3, -0.25) is 0 Å². The summed E-state index contributed by atoms with van der Waals surface area (Å²) >= 11 is 0.0168. The number of thioether (sulfide) groups is 1. The fourth-order valence-corrected chi connectivity index (χ4v) is 1.83. The zero-order valence-corrected chi connectivity index (χ0v) is 10.7. The van der Waals surface area contributed by atoms with Gasteiger partial charge in [-0.2, -0.15) is 13.2 Å². The van der Waals surface area contributed by atoms with Gasteiger partial charge in [-0.1, -0.05) is 29.8 Å². The van der Waals surface area contributed by atoms with E-state index in [2.05, 4.69) is 5.32 Å². The minimum Gasteiger partial charge on any atom is -0.309 e. The van der Waals surface area contributed by atoms with Crippen molar-refractivity contribution in [3.8, 4) is 0 Å². The number of benzene rings is 1. The van der Waals surface area contributed by atoms with Crippen LogP contribution >= 0.6 is 11.8 Å². The summed E-state index contributed by atoms with van der Waals surface area (Å²) in [5.41, 5.74) is -1.88. The van der Waals surface area contributed by atoms with Crippen LogP contribution in [0.1, 0.15) is 18.1 Å². The third kappa shape index (κ3) is 6.58. The van der Waals surface area contributed by atoms with E-state index in [1.54, 1.807) is 6.92 Å². The van der Waals surface area contributed by atoms with Crippen molar-refractivity contribution in [3.63, 3.8) is 0 Å². The summed E-state index contributed by atoms with van der Waals surface area (Å²) in [5.74, 6) is 0.0371. The number of nitrogens with one attached hydrogen (secondary N) is 1. The zero-order chi connectivity index (χ0) is 12.9. The fraction of sp³-hybridized carbons (Fsp3) is 0.500. The van der Waals surface area contributed by atoms with Gasteiger partial charge in [-0.15, -0.1) is 0 Å². The lowest BCUT2D eigenvalue weighted by Gasteiger charge is -2.14. The quantitative estimate of drug-likeness (QED) is 0.868. The Bertz CT molecular complexity index is 335. The van der Waals surface area contributed by atoms with Crippen LogP contribution in [-0.2, 0) is 6.54 Å². The molecule has 1 nitrogen and oxygen atoms in total. The average molecular weight is 263 g/mol. The maximum absolute atomic E-state index is 12.0. The van der Waals surface area contributed by atoms with Crippen molar-refractivity contribution < 1.29 is 13.2 Å². The van der Waals surface area contributed by atoms with Crippen LogP contribution in [-0.4, -0.2) is 17.3 Å². The first-order valence-electron chi connectivity index (χ1n) is 5.36. The second-order valence-corrected chi connectivity index (χ2v) is 5.11. The molecule has 0 aliphatic heterocycles. The molecule has 0 heterocycles. The van der Waals surface area contributed by atoms with Gasteiger partial charge in [0.25, 0.3) is 0 Å². The number of halogens is 3. The van der Waals surface area contributed by atoms with Gasteiger partial charge >= 0.3 is 5.51 Å².